The Morgan fingerprint density at radius 3 is 2.93 bits per heavy atom. The van der Waals surface area contributed by atoms with Gasteiger partial charge in [0, 0.05) is 13.0 Å². The summed E-state index contributed by atoms with van der Waals surface area (Å²) in [7, 11) is 1.83. The SMILES string of the molecule is CC1CNCCC1c1nc(N)n(C)n1. The molecule has 1 saturated heterocycles. The number of hydrogen-bond acceptors (Lipinski definition) is 4. The molecule has 0 aromatic carbocycles. The number of aromatic nitrogens is 3. The molecule has 0 aliphatic carbocycles. The standard InChI is InChI=1S/C9H17N5/c1-6-5-11-4-3-7(6)8-12-9(10)14(2)13-8/h6-7,11H,3-5H2,1-2H3,(H2,10,12,13). The molecule has 2 unspecified atom stereocenters. The van der Waals surface area contributed by atoms with Gasteiger partial charge in [0.1, 0.15) is 0 Å². The van der Waals surface area contributed by atoms with Gasteiger partial charge in [0.15, 0.2) is 5.82 Å². The predicted octanol–water partition coefficient (Wildman–Crippen LogP) is 0.110. The highest BCUT2D eigenvalue weighted by molar-refractivity contribution is 5.17. The highest BCUT2D eigenvalue weighted by Gasteiger charge is 2.26. The van der Waals surface area contributed by atoms with E-state index in [1.807, 2.05) is 7.05 Å². The van der Waals surface area contributed by atoms with E-state index in [4.69, 9.17) is 5.73 Å². The minimum absolute atomic E-state index is 0.458. The lowest BCUT2D eigenvalue weighted by Crippen LogP contribution is -2.34. The summed E-state index contributed by atoms with van der Waals surface area (Å²) in [6.45, 7) is 4.32. The van der Waals surface area contributed by atoms with E-state index in [1.165, 1.54) is 0 Å². The third-order valence-corrected chi connectivity index (χ3v) is 2.93. The van der Waals surface area contributed by atoms with Crippen molar-refractivity contribution < 1.29 is 0 Å². The molecule has 2 atom stereocenters. The van der Waals surface area contributed by atoms with E-state index >= 15 is 0 Å². The summed E-state index contributed by atoms with van der Waals surface area (Å²) in [5.74, 6) is 2.45. The van der Waals surface area contributed by atoms with E-state index in [1.54, 1.807) is 4.68 Å². The Balaban J connectivity index is 2.20. The maximum absolute atomic E-state index is 5.67. The molecular formula is C9H17N5. The van der Waals surface area contributed by atoms with E-state index in [0.717, 1.165) is 25.3 Å². The average molecular weight is 195 g/mol. The van der Waals surface area contributed by atoms with Gasteiger partial charge in [-0.1, -0.05) is 6.92 Å². The van der Waals surface area contributed by atoms with E-state index in [9.17, 15) is 0 Å². The van der Waals surface area contributed by atoms with Gasteiger partial charge in [0.05, 0.1) is 0 Å². The summed E-state index contributed by atoms with van der Waals surface area (Å²) in [4.78, 5) is 4.29. The Kier molecular flexibility index (Phi) is 2.41. The molecule has 78 valence electrons. The molecule has 5 heteroatoms. The van der Waals surface area contributed by atoms with Crippen LogP contribution in [0.3, 0.4) is 0 Å². The highest BCUT2D eigenvalue weighted by atomic mass is 15.4. The largest absolute Gasteiger partial charge is 0.368 e. The van der Waals surface area contributed by atoms with Crippen LogP contribution in [0.5, 0.6) is 0 Å². The summed E-state index contributed by atoms with van der Waals surface area (Å²) < 4.78 is 1.64. The minimum Gasteiger partial charge on any atom is -0.368 e. The molecule has 1 aliphatic rings. The van der Waals surface area contributed by atoms with Crippen LogP contribution in [0.1, 0.15) is 25.1 Å². The monoisotopic (exact) mass is 195 g/mol. The van der Waals surface area contributed by atoms with Crippen LogP contribution in [0, 0.1) is 5.92 Å². The average Bonchev–Trinajstić information content (AvgIpc) is 2.48. The van der Waals surface area contributed by atoms with Gasteiger partial charge in [-0.25, -0.2) is 4.68 Å². The molecule has 2 heterocycles. The second kappa shape index (κ2) is 3.57. The van der Waals surface area contributed by atoms with Crippen molar-refractivity contribution in [2.24, 2.45) is 13.0 Å². The molecule has 0 saturated carbocycles. The highest BCUT2D eigenvalue weighted by Crippen LogP contribution is 2.27. The van der Waals surface area contributed by atoms with Gasteiger partial charge in [-0.05, 0) is 25.4 Å². The fourth-order valence-electron chi connectivity index (χ4n) is 1.97. The number of nitrogens with one attached hydrogen (secondary N) is 1. The topological polar surface area (TPSA) is 68.8 Å². The first kappa shape index (κ1) is 9.45. The maximum atomic E-state index is 5.67. The second-order valence-corrected chi connectivity index (χ2v) is 4.03. The van der Waals surface area contributed by atoms with Crippen molar-refractivity contribution in [3.05, 3.63) is 5.82 Å². The molecule has 1 aromatic heterocycles. The zero-order chi connectivity index (χ0) is 10.1. The maximum Gasteiger partial charge on any atom is 0.218 e. The lowest BCUT2D eigenvalue weighted by Gasteiger charge is -2.27. The van der Waals surface area contributed by atoms with Gasteiger partial charge in [-0.3, -0.25) is 0 Å². The van der Waals surface area contributed by atoms with E-state index in [0.29, 0.717) is 17.8 Å². The van der Waals surface area contributed by atoms with Crippen LogP contribution in [0.4, 0.5) is 5.95 Å². The van der Waals surface area contributed by atoms with E-state index < -0.39 is 0 Å². The van der Waals surface area contributed by atoms with Crippen molar-refractivity contribution >= 4 is 5.95 Å². The van der Waals surface area contributed by atoms with Crippen LogP contribution in [0.15, 0.2) is 0 Å². The molecule has 1 aromatic rings. The van der Waals surface area contributed by atoms with Gasteiger partial charge in [0.2, 0.25) is 5.95 Å². The molecule has 14 heavy (non-hydrogen) atoms. The smallest absolute Gasteiger partial charge is 0.218 e. The summed E-state index contributed by atoms with van der Waals surface area (Å²) in [6, 6.07) is 0. The summed E-state index contributed by atoms with van der Waals surface area (Å²) in [6.07, 6.45) is 1.10. The number of aryl methyl sites for hydroxylation is 1. The zero-order valence-corrected chi connectivity index (χ0v) is 8.70. The zero-order valence-electron chi connectivity index (χ0n) is 8.70. The van der Waals surface area contributed by atoms with Crippen molar-refractivity contribution in [2.45, 2.75) is 19.3 Å². The lowest BCUT2D eigenvalue weighted by molar-refractivity contribution is 0.337. The van der Waals surface area contributed by atoms with Crippen LogP contribution in [-0.2, 0) is 7.05 Å². The first-order chi connectivity index (χ1) is 6.68. The summed E-state index contributed by atoms with van der Waals surface area (Å²) in [5.41, 5.74) is 5.67. The van der Waals surface area contributed by atoms with Crippen molar-refractivity contribution in [2.75, 3.05) is 18.8 Å². The Morgan fingerprint density at radius 2 is 2.36 bits per heavy atom. The number of piperidine rings is 1. The van der Waals surface area contributed by atoms with Crippen molar-refractivity contribution in [3.63, 3.8) is 0 Å². The predicted molar refractivity (Wildman–Crippen MR) is 54.8 cm³/mol. The lowest BCUT2D eigenvalue weighted by atomic mass is 9.87. The summed E-state index contributed by atoms with van der Waals surface area (Å²) in [5, 5.41) is 7.70. The molecule has 0 spiro atoms. The number of anilines is 1. The Bertz CT molecular complexity index is 300. The van der Waals surface area contributed by atoms with Crippen LogP contribution in [0.2, 0.25) is 0 Å². The van der Waals surface area contributed by atoms with E-state index in [2.05, 4.69) is 22.3 Å². The molecular weight excluding hydrogens is 178 g/mol. The number of rotatable bonds is 1. The van der Waals surface area contributed by atoms with Crippen LogP contribution in [-0.4, -0.2) is 27.9 Å². The quantitative estimate of drug-likeness (QED) is 0.667. The molecule has 1 fully saturated rings. The molecule has 0 amide bonds. The first-order valence-electron chi connectivity index (χ1n) is 5.05. The normalized spacial score (nSPS) is 27.9. The summed E-state index contributed by atoms with van der Waals surface area (Å²) >= 11 is 0. The molecule has 2 rings (SSSR count). The van der Waals surface area contributed by atoms with Crippen molar-refractivity contribution in [3.8, 4) is 0 Å². The number of nitrogen functional groups attached to an aromatic ring is 1. The third kappa shape index (κ3) is 1.59. The molecule has 3 N–H and O–H groups in total. The third-order valence-electron chi connectivity index (χ3n) is 2.93. The molecule has 0 bridgehead atoms. The molecule has 5 nitrogen and oxygen atoms in total. The van der Waals surface area contributed by atoms with Gasteiger partial charge < -0.3 is 11.1 Å². The Hall–Kier alpha value is -1.10. The minimum atomic E-state index is 0.458. The van der Waals surface area contributed by atoms with Gasteiger partial charge in [-0.15, -0.1) is 0 Å². The number of hydrogen-bond donors (Lipinski definition) is 2. The fourth-order valence-corrected chi connectivity index (χ4v) is 1.97. The van der Waals surface area contributed by atoms with Gasteiger partial charge >= 0.3 is 0 Å². The van der Waals surface area contributed by atoms with Crippen molar-refractivity contribution in [1.82, 2.24) is 20.1 Å². The Labute approximate surface area is 83.7 Å². The number of nitrogens with zero attached hydrogens (tertiary/aromatic N) is 3. The molecule has 1 aliphatic heterocycles. The van der Waals surface area contributed by atoms with Crippen LogP contribution >= 0.6 is 0 Å². The van der Waals surface area contributed by atoms with Crippen LogP contribution in [0.25, 0.3) is 0 Å². The van der Waals surface area contributed by atoms with Gasteiger partial charge in [0.25, 0.3) is 0 Å². The first-order valence-corrected chi connectivity index (χ1v) is 5.05. The van der Waals surface area contributed by atoms with Crippen molar-refractivity contribution in [1.29, 1.82) is 0 Å². The van der Waals surface area contributed by atoms with Crippen LogP contribution < -0.4 is 11.1 Å². The van der Waals surface area contributed by atoms with Gasteiger partial charge in [-0.2, -0.15) is 10.1 Å². The molecule has 0 radical (unpaired) electrons. The van der Waals surface area contributed by atoms with E-state index in [-0.39, 0.29) is 0 Å². The number of nitrogens with two attached hydrogens (primary N) is 1. The Morgan fingerprint density at radius 1 is 1.57 bits per heavy atom. The fraction of sp³-hybridized carbons (Fsp3) is 0.778. The second-order valence-electron chi connectivity index (χ2n) is 4.03.